The molecule has 1 N–H and O–H groups in total. The van der Waals surface area contributed by atoms with Crippen molar-refractivity contribution in [3.8, 4) is 11.5 Å². The third kappa shape index (κ3) is 4.35. The molecule has 1 amide bonds. The van der Waals surface area contributed by atoms with Gasteiger partial charge < -0.3 is 14.0 Å². The van der Waals surface area contributed by atoms with Crippen LogP contribution in [0.5, 0.6) is 11.5 Å². The van der Waals surface area contributed by atoms with Gasteiger partial charge in [-0.25, -0.2) is 0 Å². The maximum atomic E-state index is 12.8. The van der Waals surface area contributed by atoms with Gasteiger partial charge in [0.05, 0.1) is 19.2 Å². The van der Waals surface area contributed by atoms with Crippen molar-refractivity contribution in [3.05, 3.63) is 65.9 Å². The minimum atomic E-state index is -0.426. The summed E-state index contributed by atoms with van der Waals surface area (Å²) in [6, 6.07) is 15.5. The summed E-state index contributed by atoms with van der Waals surface area (Å²) in [5.41, 5.74) is 2.07. The molecule has 0 fully saturated rings. The van der Waals surface area contributed by atoms with Crippen LogP contribution < -0.4 is 9.47 Å². The van der Waals surface area contributed by atoms with Gasteiger partial charge in [0.2, 0.25) is 5.17 Å². The third-order valence-corrected chi connectivity index (χ3v) is 6.95. The molecule has 0 bridgehead atoms. The minimum absolute atomic E-state index is 0.0412. The summed E-state index contributed by atoms with van der Waals surface area (Å²) >= 11 is 1.35. The Balaban J connectivity index is 1.43. The Morgan fingerprint density at radius 2 is 1.86 bits per heavy atom. The number of methoxy groups -OCH3 is 1. The number of amides is 1. The van der Waals surface area contributed by atoms with Gasteiger partial charge in [-0.1, -0.05) is 44.2 Å². The number of hydrogen-bond donors (Lipinski definition) is 1. The number of ether oxygens (including phenoxy) is 2. The average molecular weight is 488 g/mol. The third-order valence-electron chi connectivity index (χ3n) is 5.74. The van der Waals surface area contributed by atoms with Crippen LogP contribution in [-0.2, 0) is 11.3 Å². The lowest BCUT2D eigenvalue weighted by Crippen LogP contribution is -2.35. The Labute approximate surface area is 207 Å². The van der Waals surface area contributed by atoms with Crippen LogP contribution in [0.1, 0.15) is 19.4 Å². The van der Waals surface area contributed by atoms with Gasteiger partial charge in [0, 0.05) is 28.6 Å². The van der Waals surface area contributed by atoms with Crippen molar-refractivity contribution in [3.63, 3.8) is 0 Å². The van der Waals surface area contributed by atoms with Crippen molar-refractivity contribution in [1.29, 1.82) is 5.41 Å². The maximum Gasteiger partial charge on any atom is 0.283 e. The van der Waals surface area contributed by atoms with E-state index in [2.05, 4.69) is 14.7 Å². The number of fused-ring (bicyclic) bond motifs is 2. The molecule has 2 aromatic carbocycles. The maximum absolute atomic E-state index is 12.8. The first-order valence-electron chi connectivity index (χ1n) is 11.3. The second-order valence-corrected chi connectivity index (χ2v) is 9.39. The van der Waals surface area contributed by atoms with Crippen molar-refractivity contribution in [1.82, 2.24) is 9.58 Å². The van der Waals surface area contributed by atoms with Gasteiger partial charge in [-0.3, -0.25) is 10.2 Å². The summed E-state index contributed by atoms with van der Waals surface area (Å²) < 4.78 is 13.4. The molecule has 0 radical (unpaired) electrons. The molecule has 0 atom stereocenters. The lowest BCUT2D eigenvalue weighted by atomic mass is 10.1. The summed E-state index contributed by atoms with van der Waals surface area (Å²) in [6.45, 7) is 5.09. The highest BCUT2D eigenvalue weighted by atomic mass is 32.2. The largest absolute Gasteiger partial charge is 0.493 e. The van der Waals surface area contributed by atoms with Gasteiger partial charge in [0.25, 0.3) is 5.91 Å². The molecule has 0 unspecified atom stereocenters. The predicted octanol–water partition coefficient (Wildman–Crippen LogP) is 5.00. The van der Waals surface area contributed by atoms with E-state index in [0.29, 0.717) is 29.8 Å². The van der Waals surface area contributed by atoms with E-state index in [1.165, 1.54) is 16.8 Å². The number of aliphatic imine (C=N–C) groups is 1. The van der Waals surface area contributed by atoms with Crippen LogP contribution in [0, 0.1) is 11.3 Å². The Morgan fingerprint density at radius 3 is 2.63 bits per heavy atom. The molecule has 3 aromatic rings. The number of benzene rings is 2. The Kier molecular flexibility index (Phi) is 6.17. The second kappa shape index (κ2) is 9.42. The first kappa shape index (κ1) is 22.9. The van der Waals surface area contributed by atoms with Gasteiger partial charge in [0.15, 0.2) is 17.3 Å². The van der Waals surface area contributed by atoms with Crippen LogP contribution in [0.15, 0.2) is 70.4 Å². The van der Waals surface area contributed by atoms with Crippen LogP contribution in [0.2, 0.25) is 0 Å². The number of thioether (sulfide) groups is 1. The number of nitrogens with zero attached hydrogens (tertiary/aromatic N) is 4. The Bertz CT molecular complexity index is 1420. The summed E-state index contributed by atoms with van der Waals surface area (Å²) in [6.07, 6.45) is 3.71. The fourth-order valence-electron chi connectivity index (χ4n) is 3.96. The molecule has 0 saturated heterocycles. The normalized spacial score (nSPS) is 16.7. The van der Waals surface area contributed by atoms with Crippen molar-refractivity contribution in [2.75, 3.05) is 13.7 Å². The molecular formula is C26H25N5O3S. The number of nitrogens with one attached hydrogen (secondary N) is 1. The number of aromatic nitrogens is 1. The average Bonchev–Trinajstić information content (AvgIpc) is 3.44. The number of carbonyl (C=O) groups is 1. The molecule has 5 rings (SSSR count). The van der Waals surface area contributed by atoms with Crippen LogP contribution in [-0.4, -0.2) is 45.2 Å². The van der Waals surface area contributed by atoms with Crippen LogP contribution in [0.3, 0.4) is 0 Å². The SMILES string of the molecule is COc1ccccc1OCCn1cc(/C=C2/C(=N)N3N=C(C(C)C)SC3=NC2=O)c2ccccc21. The van der Waals surface area contributed by atoms with E-state index in [9.17, 15) is 4.79 Å². The second-order valence-electron chi connectivity index (χ2n) is 8.41. The van der Waals surface area contributed by atoms with Crippen molar-refractivity contribution < 1.29 is 14.3 Å². The molecule has 178 valence electrons. The van der Waals surface area contributed by atoms with E-state index < -0.39 is 5.91 Å². The van der Waals surface area contributed by atoms with E-state index in [1.807, 2.05) is 68.6 Å². The molecular weight excluding hydrogens is 462 g/mol. The van der Waals surface area contributed by atoms with Crippen molar-refractivity contribution in [2.45, 2.75) is 20.4 Å². The van der Waals surface area contributed by atoms with E-state index in [4.69, 9.17) is 14.9 Å². The highest BCUT2D eigenvalue weighted by molar-refractivity contribution is 8.27. The first-order chi connectivity index (χ1) is 17.0. The molecule has 2 aliphatic heterocycles. The fraction of sp³-hybridized carbons (Fsp3) is 0.231. The zero-order valence-electron chi connectivity index (χ0n) is 19.7. The summed E-state index contributed by atoms with van der Waals surface area (Å²) in [5, 5.41) is 16.9. The smallest absolute Gasteiger partial charge is 0.283 e. The zero-order chi connectivity index (χ0) is 24.5. The number of para-hydroxylation sites is 3. The highest BCUT2D eigenvalue weighted by Gasteiger charge is 2.36. The van der Waals surface area contributed by atoms with Gasteiger partial charge >= 0.3 is 0 Å². The molecule has 2 aliphatic rings. The molecule has 8 nitrogen and oxygen atoms in total. The monoisotopic (exact) mass is 487 g/mol. The quantitative estimate of drug-likeness (QED) is 0.473. The van der Waals surface area contributed by atoms with Gasteiger partial charge in [-0.05, 0) is 36.0 Å². The first-order valence-corrected chi connectivity index (χ1v) is 12.1. The van der Waals surface area contributed by atoms with E-state index in [0.717, 1.165) is 21.5 Å². The molecule has 0 saturated carbocycles. The highest BCUT2D eigenvalue weighted by Crippen LogP contribution is 2.32. The molecule has 0 aliphatic carbocycles. The number of carbonyl (C=O) groups excluding carboxylic acids is 1. The number of amidine groups is 2. The van der Waals surface area contributed by atoms with Crippen molar-refractivity contribution in [2.24, 2.45) is 16.0 Å². The summed E-state index contributed by atoms with van der Waals surface area (Å²) in [5.74, 6) is 1.19. The number of hydrogen-bond acceptors (Lipinski definition) is 6. The fourth-order valence-corrected chi connectivity index (χ4v) is 4.86. The van der Waals surface area contributed by atoms with Gasteiger partial charge in [-0.15, -0.1) is 0 Å². The van der Waals surface area contributed by atoms with Crippen LogP contribution in [0.25, 0.3) is 17.0 Å². The predicted molar refractivity (Wildman–Crippen MR) is 140 cm³/mol. The topological polar surface area (TPSA) is 92.3 Å². The van der Waals surface area contributed by atoms with Crippen molar-refractivity contribution >= 4 is 50.7 Å². The summed E-state index contributed by atoms with van der Waals surface area (Å²) in [7, 11) is 1.62. The molecule has 3 heterocycles. The van der Waals surface area contributed by atoms with Crippen LogP contribution >= 0.6 is 11.8 Å². The molecule has 1 aromatic heterocycles. The Morgan fingerprint density at radius 1 is 1.11 bits per heavy atom. The summed E-state index contributed by atoms with van der Waals surface area (Å²) in [4.78, 5) is 17.0. The van der Waals surface area contributed by atoms with E-state index in [-0.39, 0.29) is 17.3 Å². The number of hydrazone groups is 1. The van der Waals surface area contributed by atoms with E-state index in [1.54, 1.807) is 13.2 Å². The molecule has 9 heteroatoms. The molecule has 35 heavy (non-hydrogen) atoms. The number of rotatable bonds is 7. The zero-order valence-corrected chi connectivity index (χ0v) is 20.5. The lowest BCUT2D eigenvalue weighted by Gasteiger charge is -2.20. The standard InChI is InChI=1S/C26H25N5O3S/c1-16(2)25-29-31-23(27)19(24(32)28-26(31)35-25)14-17-15-30(20-9-5-4-8-18(17)20)12-13-34-22-11-7-6-10-21(22)33-3/h4-11,14-16,27H,12-13H2,1-3H3/b19-14-,27-23?. The van der Waals surface area contributed by atoms with E-state index >= 15 is 0 Å². The lowest BCUT2D eigenvalue weighted by molar-refractivity contribution is -0.114. The van der Waals surface area contributed by atoms with Gasteiger partial charge in [0.1, 0.15) is 11.7 Å². The van der Waals surface area contributed by atoms with Crippen LogP contribution in [0.4, 0.5) is 0 Å². The van der Waals surface area contributed by atoms with Gasteiger partial charge in [-0.2, -0.15) is 15.1 Å². The molecule has 0 spiro atoms. The minimum Gasteiger partial charge on any atom is -0.493 e. The Hall–Kier alpha value is -3.85.